The number of allylic oxidation sites excluding steroid dienone is 2. The van der Waals surface area contributed by atoms with E-state index in [1.807, 2.05) is 30.3 Å². The van der Waals surface area contributed by atoms with Crippen molar-refractivity contribution in [3.8, 4) is 0 Å². The number of carbonyl (C=O) groups excluding carboxylic acids is 1. The minimum Gasteiger partial charge on any atom is -0.351 e. The summed E-state index contributed by atoms with van der Waals surface area (Å²) in [5.41, 5.74) is 6.81. The SMILES string of the molecule is C=C(/C=C(\Nc1cccc(C)c1)C(=O)Nc1cc(C(N)(CCC2CC2)c2ccccc2)ccc1F)C(F)(F)F. The molecule has 1 aliphatic rings. The highest BCUT2D eigenvalue weighted by atomic mass is 19.4. The summed E-state index contributed by atoms with van der Waals surface area (Å²) < 4.78 is 54.8. The standard InChI is InChI=1S/C31H31F4N3O/c1-20-7-6-10-25(17-20)37-28(18-21(2)31(33,34)35)29(39)38-27-19-24(13-14-26(27)32)30(36,16-15-22-11-12-22)23-8-4-3-5-9-23/h3-10,13-14,17-19,22,37H,2,11-12,15-16,36H2,1H3,(H,38,39)/b28-18-. The quantitative estimate of drug-likeness (QED) is 0.142. The predicted octanol–water partition coefficient (Wildman–Crippen LogP) is 7.58. The third kappa shape index (κ3) is 7.15. The molecule has 0 aromatic heterocycles. The summed E-state index contributed by atoms with van der Waals surface area (Å²) in [4.78, 5) is 13.2. The molecule has 4 N–H and O–H groups in total. The summed E-state index contributed by atoms with van der Waals surface area (Å²) >= 11 is 0. The average Bonchev–Trinajstić information content (AvgIpc) is 3.73. The predicted molar refractivity (Wildman–Crippen MR) is 146 cm³/mol. The number of alkyl halides is 3. The Morgan fingerprint density at radius 2 is 1.72 bits per heavy atom. The van der Waals surface area contributed by atoms with Gasteiger partial charge in [0, 0.05) is 5.69 Å². The van der Waals surface area contributed by atoms with Gasteiger partial charge < -0.3 is 16.4 Å². The second-order valence-electron chi connectivity index (χ2n) is 10.0. The summed E-state index contributed by atoms with van der Waals surface area (Å²) in [5, 5.41) is 5.15. The Hall–Kier alpha value is -3.91. The van der Waals surface area contributed by atoms with E-state index < -0.39 is 34.7 Å². The molecule has 8 heteroatoms. The highest BCUT2D eigenvalue weighted by molar-refractivity contribution is 6.06. The van der Waals surface area contributed by atoms with Crippen molar-refractivity contribution in [1.29, 1.82) is 0 Å². The first kappa shape index (κ1) is 28.1. The number of rotatable bonds is 10. The molecule has 0 spiro atoms. The Labute approximate surface area is 225 Å². The lowest BCUT2D eigenvalue weighted by Gasteiger charge is -2.31. The smallest absolute Gasteiger partial charge is 0.351 e. The number of halogens is 4. The van der Waals surface area contributed by atoms with Gasteiger partial charge in [-0.2, -0.15) is 13.2 Å². The summed E-state index contributed by atoms with van der Waals surface area (Å²) in [6.07, 6.45) is -0.319. The molecule has 204 valence electrons. The van der Waals surface area contributed by atoms with Crippen molar-refractivity contribution in [2.45, 2.75) is 44.3 Å². The Morgan fingerprint density at radius 3 is 2.36 bits per heavy atom. The van der Waals surface area contributed by atoms with E-state index in [1.165, 1.54) is 12.1 Å². The van der Waals surface area contributed by atoms with E-state index in [1.54, 1.807) is 37.3 Å². The second kappa shape index (κ2) is 11.5. The molecule has 3 aromatic carbocycles. The Bertz CT molecular complexity index is 1380. The van der Waals surface area contributed by atoms with Gasteiger partial charge in [0.25, 0.3) is 5.91 Å². The number of hydrogen-bond acceptors (Lipinski definition) is 3. The number of amides is 1. The van der Waals surface area contributed by atoms with Crippen LogP contribution in [0.1, 0.15) is 42.4 Å². The maximum atomic E-state index is 14.9. The lowest BCUT2D eigenvalue weighted by Crippen LogP contribution is -2.38. The minimum atomic E-state index is -4.75. The van der Waals surface area contributed by atoms with E-state index in [2.05, 4.69) is 17.2 Å². The normalized spacial score (nSPS) is 15.4. The van der Waals surface area contributed by atoms with Crippen molar-refractivity contribution in [3.63, 3.8) is 0 Å². The van der Waals surface area contributed by atoms with Gasteiger partial charge in [-0.25, -0.2) is 4.39 Å². The Kier molecular flexibility index (Phi) is 8.25. The van der Waals surface area contributed by atoms with Gasteiger partial charge in [0.15, 0.2) is 0 Å². The number of aryl methyl sites for hydroxylation is 1. The molecule has 3 aromatic rings. The first-order chi connectivity index (χ1) is 18.5. The van der Waals surface area contributed by atoms with E-state index >= 15 is 0 Å². The molecule has 0 saturated heterocycles. The van der Waals surface area contributed by atoms with E-state index in [4.69, 9.17) is 5.73 Å². The third-order valence-electron chi connectivity index (χ3n) is 6.89. The van der Waals surface area contributed by atoms with Crippen LogP contribution in [0.4, 0.5) is 28.9 Å². The van der Waals surface area contributed by atoms with Gasteiger partial charge in [0.2, 0.25) is 0 Å². The molecule has 4 rings (SSSR count). The molecule has 1 saturated carbocycles. The molecule has 4 nitrogen and oxygen atoms in total. The van der Waals surface area contributed by atoms with Crippen LogP contribution in [0.2, 0.25) is 0 Å². The van der Waals surface area contributed by atoms with Crippen LogP contribution in [-0.4, -0.2) is 12.1 Å². The number of nitrogens with one attached hydrogen (secondary N) is 2. The molecule has 1 fully saturated rings. The van der Waals surface area contributed by atoms with Crippen molar-refractivity contribution in [2.24, 2.45) is 11.7 Å². The van der Waals surface area contributed by atoms with Crippen LogP contribution in [0.5, 0.6) is 0 Å². The van der Waals surface area contributed by atoms with Crippen molar-refractivity contribution in [3.05, 3.63) is 119 Å². The molecular weight excluding hydrogens is 506 g/mol. The van der Waals surface area contributed by atoms with Crippen LogP contribution in [-0.2, 0) is 10.3 Å². The largest absolute Gasteiger partial charge is 0.415 e. The summed E-state index contributed by atoms with van der Waals surface area (Å²) in [5.74, 6) is -1.09. The lowest BCUT2D eigenvalue weighted by molar-refractivity contribution is -0.112. The molecule has 0 heterocycles. The zero-order valence-electron chi connectivity index (χ0n) is 21.6. The van der Waals surface area contributed by atoms with E-state index in [0.717, 1.165) is 30.4 Å². The van der Waals surface area contributed by atoms with Crippen LogP contribution in [0.15, 0.2) is 96.7 Å². The highest BCUT2D eigenvalue weighted by Crippen LogP contribution is 2.40. The van der Waals surface area contributed by atoms with Crippen LogP contribution in [0.3, 0.4) is 0 Å². The van der Waals surface area contributed by atoms with Crippen molar-refractivity contribution < 1.29 is 22.4 Å². The van der Waals surface area contributed by atoms with Crippen LogP contribution >= 0.6 is 0 Å². The number of anilines is 2. The lowest BCUT2D eigenvalue weighted by atomic mass is 9.79. The van der Waals surface area contributed by atoms with Gasteiger partial charge in [-0.1, -0.05) is 68.0 Å². The Balaban J connectivity index is 1.66. The zero-order valence-corrected chi connectivity index (χ0v) is 21.6. The van der Waals surface area contributed by atoms with Crippen molar-refractivity contribution in [1.82, 2.24) is 0 Å². The molecule has 0 aliphatic heterocycles. The maximum Gasteiger partial charge on any atom is 0.415 e. The first-order valence-corrected chi connectivity index (χ1v) is 12.7. The summed E-state index contributed by atoms with van der Waals surface area (Å²) in [6.45, 7) is 4.84. The maximum absolute atomic E-state index is 14.9. The molecule has 1 aliphatic carbocycles. The fourth-order valence-corrected chi connectivity index (χ4v) is 4.41. The fourth-order valence-electron chi connectivity index (χ4n) is 4.41. The number of benzene rings is 3. The van der Waals surface area contributed by atoms with Crippen molar-refractivity contribution in [2.75, 3.05) is 10.6 Å². The number of carbonyl (C=O) groups is 1. The molecule has 0 radical (unpaired) electrons. The second-order valence-corrected chi connectivity index (χ2v) is 10.0. The number of hydrogen-bond donors (Lipinski definition) is 3. The third-order valence-corrected chi connectivity index (χ3v) is 6.89. The Morgan fingerprint density at radius 1 is 1.00 bits per heavy atom. The van der Waals surface area contributed by atoms with Gasteiger partial charge in [-0.05, 0) is 72.7 Å². The summed E-state index contributed by atoms with van der Waals surface area (Å²) in [6, 6.07) is 20.5. The van der Waals surface area contributed by atoms with E-state index in [0.29, 0.717) is 29.7 Å². The van der Waals surface area contributed by atoms with Crippen LogP contribution < -0.4 is 16.4 Å². The topological polar surface area (TPSA) is 67.2 Å². The van der Waals surface area contributed by atoms with Gasteiger partial charge in [-0.3, -0.25) is 4.79 Å². The highest BCUT2D eigenvalue weighted by Gasteiger charge is 2.34. The van der Waals surface area contributed by atoms with Gasteiger partial charge in [0.05, 0.1) is 16.8 Å². The first-order valence-electron chi connectivity index (χ1n) is 12.7. The minimum absolute atomic E-state index is 0.191. The van der Waals surface area contributed by atoms with Crippen LogP contribution in [0.25, 0.3) is 0 Å². The summed E-state index contributed by atoms with van der Waals surface area (Å²) in [7, 11) is 0. The van der Waals surface area contributed by atoms with Gasteiger partial charge >= 0.3 is 6.18 Å². The molecular formula is C31H31F4N3O. The van der Waals surface area contributed by atoms with Crippen LogP contribution in [0, 0.1) is 18.7 Å². The fraction of sp³-hybridized carbons (Fsp3) is 0.258. The molecule has 39 heavy (non-hydrogen) atoms. The average molecular weight is 538 g/mol. The molecule has 1 atom stereocenters. The zero-order chi connectivity index (χ0) is 28.2. The van der Waals surface area contributed by atoms with Crippen molar-refractivity contribution >= 4 is 17.3 Å². The van der Waals surface area contributed by atoms with Gasteiger partial charge in [0.1, 0.15) is 11.5 Å². The number of nitrogens with two attached hydrogens (primary N) is 1. The molecule has 0 bridgehead atoms. The molecule has 1 unspecified atom stereocenters. The van der Waals surface area contributed by atoms with E-state index in [-0.39, 0.29) is 5.69 Å². The van der Waals surface area contributed by atoms with Gasteiger partial charge in [-0.15, -0.1) is 0 Å². The molecule has 1 amide bonds. The monoisotopic (exact) mass is 537 g/mol. The van der Waals surface area contributed by atoms with E-state index in [9.17, 15) is 22.4 Å².